The van der Waals surface area contributed by atoms with Crippen molar-refractivity contribution in [2.45, 2.75) is 13.0 Å². The molecule has 5 nitrogen and oxygen atoms in total. The second-order valence-corrected chi connectivity index (χ2v) is 6.35. The molecule has 1 heterocycles. The Labute approximate surface area is 156 Å². The van der Waals surface area contributed by atoms with Crippen LogP contribution in [0.5, 0.6) is 5.75 Å². The molecule has 2 aromatic carbocycles. The van der Waals surface area contributed by atoms with Crippen LogP contribution in [-0.2, 0) is 14.3 Å². The molecule has 0 radical (unpaired) electrons. The summed E-state index contributed by atoms with van der Waals surface area (Å²) in [6.07, 6.45) is 1.72. The lowest BCUT2D eigenvalue weighted by Crippen LogP contribution is -2.31. The number of fused-ring (bicyclic) bond motifs is 1. The van der Waals surface area contributed by atoms with E-state index in [-0.39, 0.29) is 25.2 Å². The van der Waals surface area contributed by atoms with E-state index in [4.69, 9.17) is 21.1 Å². The number of carbonyl (C=O) groups is 2. The van der Waals surface area contributed by atoms with Crippen molar-refractivity contribution < 1.29 is 19.1 Å². The number of rotatable bonds is 5. The number of amides is 1. The normalized spacial score (nSPS) is 13.7. The molecule has 6 heteroatoms. The summed E-state index contributed by atoms with van der Waals surface area (Å²) in [6, 6.07) is 14.4. The number of halogens is 1. The summed E-state index contributed by atoms with van der Waals surface area (Å²) in [5.74, 6) is -0.231. The first-order chi connectivity index (χ1) is 12.5. The predicted molar refractivity (Wildman–Crippen MR) is 98.9 cm³/mol. The van der Waals surface area contributed by atoms with E-state index in [1.54, 1.807) is 18.2 Å². The number of hydrogen-bond acceptors (Lipinski definition) is 4. The van der Waals surface area contributed by atoms with Gasteiger partial charge in [0.2, 0.25) is 0 Å². The van der Waals surface area contributed by atoms with Crippen molar-refractivity contribution in [3.8, 4) is 5.75 Å². The number of para-hydroxylation sites is 1. The van der Waals surface area contributed by atoms with E-state index in [0.717, 1.165) is 16.9 Å². The van der Waals surface area contributed by atoms with Crippen molar-refractivity contribution in [2.24, 2.45) is 0 Å². The van der Waals surface area contributed by atoms with Gasteiger partial charge < -0.3 is 14.8 Å². The Morgan fingerprint density at radius 1 is 1.23 bits per heavy atom. The molecule has 0 saturated carbocycles. The van der Waals surface area contributed by atoms with Gasteiger partial charge in [0, 0.05) is 10.6 Å². The molecule has 0 aliphatic carbocycles. The maximum Gasteiger partial charge on any atom is 0.338 e. The van der Waals surface area contributed by atoms with Gasteiger partial charge >= 0.3 is 5.97 Å². The Kier molecular flexibility index (Phi) is 5.58. The molecule has 1 atom stereocenters. The summed E-state index contributed by atoms with van der Waals surface area (Å²) >= 11 is 5.95. The summed E-state index contributed by atoms with van der Waals surface area (Å²) < 4.78 is 10.6. The van der Waals surface area contributed by atoms with Crippen LogP contribution < -0.4 is 10.1 Å². The molecule has 1 aliphatic rings. The maximum absolute atomic E-state index is 12.1. The molecule has 0 bridgehead atoms. The van der Waals surface area contributed by atoms with Crippen LogP contribution in [0.25, 0.3) is 6.08 Å². The predicted octanol–water partition coefficient (Wildman–Crippen LogP) is 3.54. The highest BCUT2D eigenvalue weighted by molar-refractivity contribution is 6.30. The highest BCUT2D eigenvalue weighted by Crippen LogP contribution is 2.26. The summed E-state index contributed by atoms with van der Waals surface area (Å²) in [4.78, 5) is 24.2. The number of carbonyl (C=O) groups excluding carboxylic acids is 2. The van der Waals surface area contributed by atoms with Gasteiger partial charge in [-0.25, -0.2) is 4.79 Å². The summed E-state index contributed by atoms with van der Waals surface area (Å²) in [7, 11) is 0. The number of nitrogens with one attached hydrogen (secondary N) is 1. The summed E-state index contributed by atoms with van der Waals surface area (Å²) in [6.45, 7) is 1.60. The average molecular weight is 372 g/mol. The Hall–Kier alpha value is -2.79. The number of esters is 1. The highest BCUT2D eigenvalue weighted by atomic mass is 35.5. The molecule has 0 aromatic heterocycles. The van der Waals surface area contributed by atoms with Gasteiger partial charge in [-0.1, -0.05) is 41.9 Å². The number of benzene rings is 2. The second-order valence-electron chi connectivity index (χ2n) is 5.92. The van der Waals surface area contributed by atoms with Crippen LogP contribution in [0.4, 0.5) is 0 Å². The molecular formula is C20H18ClNO4. The van der Waals surface area contributed by atoms with Crippen molar-refractivity contribution >= 4 is 29.6 Å². The minimum atomic E-state index is -0.565. The first-order valence-corrected chi connectivity index (χ1v) is 8.55. The molecule has 0 spiro atoms. The molecule has 3 rings (SSSR count). The smallest absolute Gasteiger partial charge is 0.338 e. The SMILES string of the molecule is C[C@@H](NC(=O)COC(=O)C1=Cc2ccccc2OC1)c1cccc(Cl)c1. The van der Waals surface area contributed by atoms with Gasteiger partial charge in [0.05, 0.1) is 11.6 Å². The van der Waals surface area contributed by atoms with E-state index in [0.29, 0.717) is 10.6 Å². The van der Waals surface area contributed by atoms with Crippen molar-refractivity contribution in [2.75, 3.05) is 13.2 Å². The summed E-state index contributed by atoms with van der Waals surface area (Å²) in [5, 5.41) is 3.37. The molecule has 2 aromatic rings. The zero-order chi connectivity index (χ0) is 18.5. The third-order valence-electron chi connectivity index (χ3n) is 3.95. The molecule has 134 valence electrons. The van der Waals surface area contributed by atoms with Crippen LogP contribution in [0, 0.1) is 0 Å². The maximum atomic E-state index is 12.1. The lowest BCUT2D eigenvalue weighted by molar-refractivity contribution is -0.145. The summed E-state index contributed by atoms with van der Waals surface area (Å²) in [5.41, 5.74) is 2.06. The highest BCUT2D eigenvalue weighted by Gasteiger charge is 2.19. The van der Waals surface area contributed by atoms with E-state index in [2.05, 4.69) is 5.32 Å². The number of ether oxygens (including phenoxy) is 2. The first-order valence-electron chi connectivity index (χ1n) is 8.17. The Bertz CT molecular complexity index is 862. The Balaban J connectivity index is 1.53. The van der Waals surface area contributed by atoms with Gasteiger partial charge in [0.15, 0.2) is 6.61 Å². The van der Waals surface area contributed by atoms with E-state index in [1.165, 1.54) is 0 Å². The fourth-order valence-electron chi connectivity index (χ4n) is 2.60. The minimum Gasteiger partial charge on any atom is -0.488 e. The van der Waals surface area contributed by atoms with Gasteiger partial charge in [-0.15, -0.1) is 0 Å². The van der Waals surface area contributed by atoms with E-state index >= 15 is 0 Å². The molecular weight excluding hydrogens is 354 g/mol. The van der Waals surface area contributed by atoms with Crippen molar-refractivity contribution in [3.63, 3.8) is 0 Å². The second kappa shape index (κ2) is 8.06. The van der Waals surface area contributed by atoms with E-state index in [1.807, 2.05) is 43.3 Å². The molecule has 0 saturated heterocycles. The van der Waals surface area contributed by atoms with Gasteiger partial charge in [0.25, 0.3) is 5.91 Å². The van der Waals surface area contributed by atoms with Crippen LogP contribution in [-0.4, -0.2) is 25.1 Å². The Morgan fingerprint density at radius 2 is 2.04 bits per heavy atom. The fourth-order valence-corrected chi connectivity index (χ4v) is 2.80. The molecule has 0 unspecified atom stereocenters. The van der Waals surface area contributed by atoms with E-state index < -0.39 is 5.97 Å². The molecule has 1 aliphatic heterocycles. The van der Waals surface area contributed by atoms with Crippen LogP contribution in [0.15, 0.2) is 54.1 Å². The van der Waals surface area contributed by atoms with Crippen LogP contribution in [0.3, 0.4) is 0 Å². The van der Waals surface area contributed by atoms with Gasteiger partial charge in [-0.3, -0.25) is 4.79 Å². The zero-order valence-electron chi connectivity index (χ0n) is 14.2. The van der Waals surface area contributed by atoms with Gasteiger partial charge in [-0.05, 0) is 36.8 Å². The van der Waals surface area contributed by atoms with E-state index in [9.17, 15) is 9.59 Å². The van der Waals surface area contributed by atoms with Crippen molar-refractivity contribution in [3.05, 3.63) is 70.3 Å². The fraction of sp³-hybridized carbons (Fsp3) is 0.200. The number of hydrogen-bond donors (Lipinski definition) is 1. The molecule has 0 fully saturated rings. The third kappa shape index (κ3) is 4.43. The lowest BCUT2D eigenvalue weighted by Gasteiger charge is -2.17. The quantitative estimate of drug-likeness (QED) is 0.816. The van der Waals surface area contributed by atoms with Gasteiger partial charge in [0.1, 0.15) is 12.4 Å². The van der Waals surface area contributed by atoms with Crippen LogP contribution >= 0.6 is 11.6 Å². The standard InChI is InChI=1S/C20H18ClNO4/c1-13(14-6-4-7-17(21)10-14)22-19(23)12-26-20(24)16-9-15-5-2-3-8-18(15)25-11-16/h2-10,13H,11-12H2,1H3,(H,22,23)/t13-/m1/s1. The Morgan fingerprint density at radius 3 is 2.85 bits per heavy atom. The first kappa shape index (κ1) is 18.0. The largest absolute Gasteiger partial charge is 0.488 e. The monoisotopic (exact) mass is 371 g/mol. The van der Waals surface area contributed by atoms with Crippen molar-refractivity contribution in [1.82, 2.24) is 5.32 Å². The average Bonchev–Trinajstić information content (AvgIpc) is 2.65. The van der Waals surface area contributed by atoms with Crippen LogP contribution in [0.2, 0.25) is 5.02 Å². The minimum absolute atomic E-state index is 0.121. The van der Waals surface area contributed by atoms with Crippen molar-refractivity contribution in [1.29, 1.82) is 0 Å². The molecule has 1 amide bonds. The molecule has 26 heavy (non-hydrogen) atoms. The topological polar surface area (TPSA) is 64.6 Å². The van der Waals surface area contributed by atoms with Gasteiger partial charge in [-0.2, -0.15) is 0 Å². The lowest BCUT2D eigenvalue weighted by atomic mass is 10.1. The van der Waals surface area contributed by atoms with Crippen LogP contribution in [0.1, 0.15) is 24.1 Å². The third-order valence-corrected chi connectivity index (χ3v) is 4.19. The molecule has 1 N–H and O–H groups in total. The zero-order valence-corrected chi connectivity index (χ0v) is 15.0.